The molecular formula is C2H3Br3NO3P. The molecule has 0 spiro atoms. The van der Waals surface area contributed by atoms with E-state index in [1.165, 1.54) is 6.92 Å². The second kappa shape index (κ2) is 12.9. The maximum Gasteiger partial charge on any atom is 0.368 e. The quantitative estimate of drug-likeness (QED) is 0.721. The van der Waals surface area contributed by atoms with Crippen molar-refractivity contribution >= 4 is 57.4 Å². The fourth-order valence-electron chi connectivity index (χ4n) is 0.0319. The van der Waals surface area contributed by atoms with Gasteiger partial charge < -0.3 is 0 Å². The lowest BCUT2D eigenvalue weighted by Crippen LogP contribution is -1.66. The number of hydrogen-bond donors (Lipinski definition) is 0. The van der Waals surface area contributed by atoms with Crippen molar-refractivity contribution in [2.75, 3.05) is 0 Å². The van der Waals surface area contributed by atoms with Gasteiger partial charge in [-0.2, -0.15) is 5.26 Å². The molecule has 0 amide bonds. The molecule has 0 N–H and O–H groups in total. The summed E-state index contributed by atoms with van der Waals surface area (Å²) in [6.45, 7) is 1.43. The molecular weight excluding hydrogens is 357 g/mol. The first-order valence-corrected chi connectivity index (χ1v) is 4.77. The van der Waals surface area contributed by atoms with E-state index in [9.17, 15) is 0 Å². The number of halogens is 3. The fraction of sp³-hybridized carbons (Fsp3) is 0.500. The summed E-state index contributed by atoms with van der Waals surface area (Å²) in [5, 5.41) is 7.32. The Hall–Kier alpha value is 1.24. The number of rotatable bonds is 3. The van der Waals surface area contributed by atoms with Gasteiger partial charge in [0.05, 0.1) is 6.07 Å². The van der Waals surface area contributed by atoms with Crippen LogP contribution in [0.2, 0.25) is 0 Å². The Labute approximate surface area is 86.2 Å². The van der Waals surface area contributed by atoms with Gasteiger partial charge >= 0.3 is 8.60 Å². The van der Waals surface area contributed by atoms with Crippen LogP contribution in [0.3, 0.4) is 0 Å². The van der Waals surface area contributed by atoms with Gasteiger partial charge in [-0.3, -0.25) is 0 Å². The van der Waals surface area contributed by atoms with Gasteiger partial charge in [0.2, 0.25) is 0 Å². The SMILES string of the molecule is BrOP(OBr)OBr.CC#N. The molecule has 4 nitrogen and oxygen atoms in total. The van der Waals surface area contributed by atoms with E-state index in [0.29, 0.717) is 0 Å². The average Bonchev–Trinajstić information content (AvgIpc) is 1.93. The van der Waals surface area contributed by atoms with Crippen molar-refractivity contribution in [3.63, 3.8) is 0 Å². The summed E-state index contributed by atoms with van der Waals surface area (Å²) in [5.74, 6) is 0. The second-order valence-corrected chi connectivity index (χ2v) is 4.12. The summed E-state index contributed by atoms with van der Waals surface area (Å²) >= 11 is 7.96. The Balaban J connectivity index is 0. The fourth-order valence-corrected chi connectivity index (χ4v) is 2.59. The first-order valence-electron chi connectivity index (χ1n) is 1.73. The van der Waals surface area contributed by atoms with Gasteiger partial charge in [0, 0.05) is 6.92 Å². The van der Waals surface area contributed by atoms with E-state index in [1.807, 2.05) is 0 Å². The van der Waals surface area contributed by atoms with Crippen molar-refractivity contribution in [2.24, 2.45) is 0 Å². The van der Waals surface area contributed by atoms with Crippen LogP contribution in [-0.2, 0) is 10.8 Å². The van der Waals surface area contributed by atoms with Gasteiger partial charge in [-0.15, -0.1) is 0 Å². The van der Waals surface area contributed by atoms with E-state index in [-0.39, 0.29) is 0 Å². The molecule has 0 rings (SSSR count). The molecule has 0 atom stereocenters. The smallest absolute Gasteiger partial charge is 0.231 e. The van der Waals surface area contributed by atoms with Gasteiger partial charge in [-0.1, -0.05) is 0 Å². The molecule has 0 aliphatic carbocycles. The molecule has 10 heavy (non-hydrogen) atoms. The predicted octanol–water partition coefficient (Wildman–Crippen LogP) is 3.72. The third-order valence-corrected chi connectivity index (χ3v) is 2.63. The summed E-state index contributed by atoms with van der Waals surface area (Å²) < 4.78 is 13.2. The van der Waals surface area contributed by atoms with Crippen molar-refractivity contribution < 1.29 is 10.8 Å². The summed E-state index contributed by atoms with van der Waals surface area (Å²) in [6.07, 6.45) is 0. The zero-order chi connectivity index (χ0) is 8.41. The molecule has 0 aromatic heterocycles. The van der Waals surface area contributed by atoms with Crippen molar-refractivity contribution in [1.29, 1.82) is 5.26 Å². The van der Waals surface area contributed by atoms with Crippen LogP contribution in [0.4, 0.5) is 0 Å². The number of hydrogen-bond acceptors (Lipinski definition) is 4. The van der Waals surface area contributed by atoms with E-state index in [2.05, 4.69) is 59.6 Å². The monoisotopic (exact) mass is 357 g/mol. The standard InChI is InChI=1S/C2H3N.Br3O3P/c1-2-3;1-4-7(5-2)6-3/h1H3;. The summed E-state index contributed by atoms with van der Waals surface area (Å²) in [7, 11) is -1.30. The lowest BCUT2D eigenvalue weighted by atomic mass is 11.0. The molecule has 0 aliphatic rings. The molecule has 0 aromatic carbocycles. The highest BCUT2D eigenvalue weighted by atomic mass is 79.9. The molecule has 8 heteroatoms. The predicted molar refractivity (Wildman–Crippen MR) is 48.2 cm³/mol. The molecule has 0 radical (unpaired) electrons. The molecule has 0 heterocycles. The van der Waals surface area contributed by atoms with Crippen LogP contribution in [0.1, 0.15) is 6.92 Å². The van der Waals surface area contributed by atoms with Crippen LogP contribution in [0, 0.1) is 11.3 Å². The maximum atomic E-state index is 7.32. The molecule has 0 bridgehead atoms. The minimum atomic E-state index is -1.30. The first kappa shape index (κ1) is 13.8. The molecule has 0 fully saturated rings. The molecule has 0 saturated carbocycles. The third kappa shape index (κ3) is 12.0. The van der Waals surface area contributed by atoms with E-state index in [1.54, 1.807) is 6.07 Å². The van der Waals surface area contributed by atoms with Crippen molar-refractivity contribution in [2.45, 2.75) is 6.92 Å². The highest BCUT2D eigenvalue weighted by Gasteiger charge is 2.06. The minimum Gasteiger partial charge on any atom is -0.231 e. The zero-order valence-corrected chi connectivity index (χ0v) is 10.4. The summed E-state index contributed by atoms with van der Waals surface area (Å²) in [4.78, 5) is 0. The Bertz CT molecular complexity index is 88.7. The summed E-state index contributed by atoms with van der Waals surface area (Å²) in [5.41, 5.74) is 0. The van der Waals surface area contributed by atoms with Gasteiger partial charge in [-0.05, 0) is 0 Å². The largest absolute Gasteiger partial charge is 0.368 e. The normalized spacial score (nSPS) is 8.00. The summed E-state index contributed by atoms with van der Waals surface area (Å²) in [6, 6.07) is 1.75. The zero-order valence-electron chi connectivity index (χ0n) is 4.75. The number of nitrogens with zero attached hydrogens (tertiary/aromatic N) is 1. The maximum absolute atomic E-state index is 7.32. The Morgan fingerprint density at radius 2 is 1.40 bits per heavy atom. The first-order chi connectivity index (χ1) is 4.76. The van der Waals surface area contributed by atoms with E-state index < -0.39 is 8.60 Å². The van der Waals surface area contributed by atoms with Crippen LogP contribution in [0.5, 0.6) is 0 Å². The van der Waals surface area contributed by atoms with Gasteiger partial charge in [0.1, 0.15) is 48.8 Å². The van der Waals surface area contributed by atoms with E-state index in [4.69, 9.17) is 5.26 Å². The van der Waals surface area contributed by atoms with Gasteiger partial charge in [0.25, 0.3) is 0 Å². The van der Waals surface area contributed by atoms with Crippen LogP contribution in [0.25, 0.3) is 0 Å². The number of nitriles is 1. The topological polar surface area (TPSA) is 51.5 Å². The minimum absolute atomic E-state index is 1.30. The highest BCUT2D eigenvalue weighted by Crippen LogP contribution is 2.45. The van der Waals surface area contributed by atoms with Crippen LogP contribution < -0.4 is 0 Å². The lowest BCUT2D eigenvalue weighted by Gasteiger charge is -1.98. The molecule has 0 unspecified atom stereocenters. The molecule has 0 aromatic rings. The van der Waals surface area contributed by atoms with Gasteiger partial charge in [0.15, 0.2) is 0 Å². The van der Waals surface area contributed by atoms with Crippen molar-refractivity contribution in [3.8, 4) is 6.07 Å². The molecule has 0 aliphatic heterocycles. The molecule has 60 valence electrons. The van der Waals surface area contributed by atoms with Crippen molar-refractivity contribution in [3.05, 3.63) is 0 Å². The third-order valence-electron chi connectivity index (χ3n) is 0.169. The van der Waals surface area contributed by atoms with Crippen molar-refractivity contribution in [1.82, 2.24) is 0 Å². The molecule has 0 saturated heterocycles. The highest BCUT2D eigenvalue weighted by molar-refractivity contribution is 9.08. The van der Waals surface area contributed by atoms with E-state index >= 15 is 0 Å². The van der Waals surface area contributed by atoms with Crippen LogP contribution in [0.15, 0.2) is 0 Å². The van der Waals surface area contributed by atoms with Crippen LogP contribution in [-0.4, -0.2) is 0 Å². The Morgan fingerprint density at radius 1 is 1.20 bits per heavy atom. The van der Waals surface area contributed by atoms with Gasteiger partial charge in [-0.25, -0.2) is 10.8 Å². The Morgan fingerprint density at radius 3 is 1.40 bits per heavy atom. The lowest BCUT2D eigenvalue weighted by molar-refractivity contribution is 0.501. The van der Waals surface area contributed by atoms with Crippen LogP contribution >= 0.6 is 57.4 Å². The average molecular weight is 360 g/mol. The Kier molecular flexibility index (Phi) is 17.8. The van der Waals surface area contributed by atoms with E-state index in [0.717, 1.165) is 0 Å². The second-order valence-electron chi connectivity index (χ2n) is 0.654.